The highest BCUT2D eigenvalue weighted by Crippen LogP contribution is 2.54. The molecule has 1 aromatic carbocycles. The van der Waals surface area contributed by atoms with Gasteiger partial charge in [-0.2, -0.15) is 0 Å². The van der Waals surface area contributed by atoms with E-state index in [0.717, 1.165) is 22.2 Å². The maximum atomic E-state index is 11.6. The molecule has 0 aliphatic heterocycles. The Bertz CT molecular complexity index is 453. The summed E-state index contributed by atoms with van der Waals surface area (Å²) in [6, 6.07) is 7.82. The summed E-state index contributed by atoms with van der Waals surface area (Å²) in [6.07, 6.45) is 1.54. The summed E-state index contributed by atoms with van der Waals surface area (Å²) in [6.45, 7) is 4.33. The number of carboxylic acid groups (broad SMARTS) is 1. The molecule has 1 aromatic rings. The number of rotatable bonds is 4. The molecule has 1 aliphatic carbocycles. The molecule has 4 heteroatoms. The van der Waals surface area contributed by atoms with Gasteiger partial charge < -0.3 is 5.11 Å². The number of thioether (sulfide) groups is 1. The van der Waals surface area contributed by atoms with Gasteiger partial charge in [0.1, 0.15) is 4.75 Å². The predicted molar refractivity (Wildman–Crippen MR) is 77.9 cm³/mol. The molecule has 0 radical (unpaired) electrons. The van der Waals surface area contributed by atoms with E-state index in [1.54, 1.807) is 0 Å². The van der Waals surface area contributed by atoms with E-state index in [9.17, 15) is 9.90 Å². The summed E-state index contributed by atoms with van der Waals surface area (Å²) < 4.78 is 0.349. The van der Waals surface area contributed by atoms with Crippen LogP contribution in [0.5, 0.6) is 0 Å². The molecule has 1 aliphatic rings. The molecule has 0 amide bonds. The first-order chi connectivity index (χ1) is 8.44. The minimum absolute atomic E-state index is 0.538. The SMILES string of the molecule is CC(C)C1CC(Sc2ccccc2Br)(C(=O)O)C1. The molecule has 98 valence electrons. The molecule has 0 spiro atoms. The zero-order chi connectivity index (χ0) is 13.3. The molecule has 2 nitrogen and oxygen atoms in total. The van der Waals surface area contributed by atoms with E-state index in [1.807, 2.05) is 24.3 Å². The predicted octanol–water partition coefficient (Wildman–Crippen LogP) is 4.43. The summed E-state index contributed by atoms with van der Waals surface area (Å²) in [7, 11) is 0. The quantitative estimate of drug-likeness (QED) is 0.888. The monoisotopic (exact) mass is 328 g/mol. The molecular formula is C14H17BrO2S. The second-order valence-corrected chi connectivity index (χ2v) is 7.52. The van der Waals surface area contributed by atoms with Gasteiger partial charge in [0.15, 0.2) is 0 Å². The summed E-state index contributed by atoms with van der Waals surface area (Å²) in [5.41, 5.74) is 0. The Morgan fingerprint density at radius 1 is 1.44 bits per heavy atom. The summed E-state index contributed by atoms with van der Waals surface area (Å²) in [5, 5.41) is 9.50. The van der Waals surface area contributed by atoms with Crippen LogP contribution in [0.15, 0.2) is 33.6 Å². The molecule has 1 N–H and O–H groups in total. The van der Waals surface area contributed by atoms with Crippen LogP contribution in [0.25, 0.3) is 0 Å². The van der Waals surface area contributed by atoms with Crippen LogP contribution in [0, 0.1) is 11.8 Å². The van der Waals surface area contributed by atoms with Gasteiger partial charge >= 0.3 is 5.97 Å². The molecule has 0 bridgehead atoms. The first-order valence-electron chi connectivity index (χ1n) is 6.11. The molecule has 1 fully saturated rings. The van der Waals surface area contributed by atoms with Crippen LogP contribution < -0.4 is 0 Å². The maximum absolute atomic E-state index is 11.6. The topological polar surface area (TPSA) is 37.3 Å². The Balaban J connectivity index is 2.15. The summed E-state index contributed by atoms with van der Waals surface area (Å²) >= 11 is 4.97. The number of aliphatic carboxylic acids is 1. The van der Waals surface area contributed by atoms with Crippen molar-refractivity contribution in [3.8, 4) is 0 Å². The normalized spacial score (nSPS) is 27.0. The van der Waals surface area contributed by atoms with E-state index in [1.165, 1.54) is 11.8 Å². The van der Waals surface area contributed by atoms with Crippen molar-refractivity contribution in [2.45, 2.75) is 36.3 Å². The van der Waals surface area contributed by atoms with E-state index in [0.29, 0.717) is 11.8 Å². The van der Waals surface area contributed by atoms with Gasteiger partial charge in [-0.1, -0.05) is 26.0 Å². The lowest BCUT2D eigenvalue weighted by atomic mass is 9.69. The number of carboxylic acids is 1. The molecule has 0 atom stereocenters. The molecule has 2 rings (SSSR count). The average Bonchev–Trinajstić information content (AvgIpc) is 2.24. The standard InChI is InChI=1S/C14H17BrO2S/c1-9(2)10-7-14(8-10,13(16)17)18-12-6-4-3-5-11(12)15/h3-6,9-10H,7-8H2,1-2H3,(H,16,17). The Kier molecular flexibility index (Phi) is 4.07. The van der Waals surface area contributed by atoms with E-state index >= 15 is 0 Å². The molecule has 18 heavy (non-hydrogen) atoms. The van der Waals surface area contributed by atoms with E-state index < -0.39 is 10.7 Å². The van der Waals surface area contributed by atoms with Crippen molar-refractivity contribution in [1.29, 1.82) is 0 Å². The van der Waals surface area contributed by atoms with Crippen LogP contribution in [-0.2, 0) is 4.79 Å². The van der Waals surface area contributed by atoms with E-state index in [4.69, 9.17) is 0 Å². The number of benzene rings is 1. The third-order valence-electron chi connectivity index (χ3n) is 3.66. The Morgan fingerprint density at radius 2 is 2.06 bits per heavy atom. The van der Waals surface area contributed by atoms with Gasteiger partial charge in [-0.25, -0.2) is 0 Å². The second-order valence-electron chi connectivity index (χ2n) is 5.24. The first kappa shape index (κ1) is 13.9. The van der Waals surface area contributed by atoms with Gasteiger partial charge in [0.25, 0.3) is 0 Å². The largest absolute Gasteiger partial charge is 0.480 e. The Labute approximate surface area is 120 Å². The summed E-state index contributed by atoms with van der Waals surface area (Å²) in [5.74, 6) is 0.425. The first-order valence-corrected chi connectivity index (χ1v) is 7.72. The average molecular weight is 329 g/mol. The highest BCUT2D eigenvalue weighted by atomic mass is 79.9. The maximum Gasteiger partial charge on any atom is 0.320 e. The molecule has 0 unspecified atom stereocenters. The molecule has 0 aromatic heterocycles. The Morgan fingerprint density at radius 3 is 2.56 bits per heavy atom. The van der Waals surface area contributed by atoms with E-state index in [2.05, 4.69) is 29.8 Å². The molecular weight excluding hydrogens is 312 g/mol. The van der Waals surface area contributed by atoms with Crippen LogP contribution in [0.1, 0.15) is 26.7 Å². The van der Waals surface area contributed by atoms with Crippen molar-refractivity contribution in [2.24, 2.45) is 11.8 Å². The number of hydrogen-bond acceptors (Lipinski definition) is 2. The van der Waals surface area contributed by atoms with Crippen molar-refractivity contribution < 1.29 is 9.90 Å². The minimum Gasteiger partial charge on any atom is -0.480 e. The van der Waals surface area contributed by atoms with Crippen molar-refractivity contribution in [2.75, 3.05) is 0 Å². The van der Waals surface area contributed by atoms with Gasteiger partial charge in [0.2, 0.25) is 0 Å². The molecule has 0 saturated heterocycles. The molecule has 0 heterocycles. The lowest BCUT2D eigenvalue weighted by molar-refractivity contribution is -0.144. The lowest BCUT2D eigenvalue weighted by Gasteiger charge is -2.45. The third-order valence-corrected chi connectivity index (χ3v) is 6.09. The third kappa shape index (κ3) is 2.59. The second kappa shape index (κ2) is 5.25. The zero-order valence-electron chi connectivity index (χ0n) is 10.5. The van der Waals surface area contributed by atoms with Crippen molar-refractivity contribution >= 4 is 33.7 Å². The number of hydrogen-bond donors (Lipinski definition) is 1. The minimum atomic E-state index is -0.680. The van der Waals surface area contributed by atoms with Gasteiger partial charge in [-0.15, -0.1) is 11.8 Å². The van der Waals surface area contributed by atoms with Crippen LogP contribution in [0.3, 0.4) is 0 Å². The van der Waals surface area contributed by atoms with Crippen molar-refractivity contribution in [1.82, 2.24) is 0 Å². The highest BCUT2D eigenvalue weighted by Gasteiger charge is 2.52. The highest BCUT2D eigenvalue weighted by molar-refractivity contribution is 9.10. The Hall–Kier alpha value is -0.480. The van der Waals surface area contributed by atoms with Crippen molar-refractivity contribution in [3.63, 3.8) is 0 Å². The van der Waals surface area contributed by atoms with Crippen LogP contribution >= 0.6 is 27.7 Å². The molecule has 1 saturated carbocycles. The zero-order valence-corrected chi connectivity index (χ0v) is 12.9. The number of carbonyl (C=O) groups is 1. The van der Waals surface area contributed by atoms with Gasteiger partial charge in [-0.05, 0) is 52.7 Å². The smallest absolute Gasteiger partial charge is 0.320 e. The van der Waals surface area contributed by atoms with Crippen LogP contribution in [0.2, 0.25) is 0 Å². The fourth-order valence-electron chi connectivity index (χ4n) is 2.30. The van der Waals surface area contributed by atoms with Crippen LogP contribution in [0.4, 0.5) is 0 Å². The number of halogens is 1. The van der Waals surface area contributed by atoms with E-state index in [-0.39, 0.29) is 0 Å². The fraction of sp³-hybridized carbons (Fsp3) is 0.500. The van der Waals surface area contributed by atoms with Gasteiger partial charge in [0.05, 0.1) is 0 Å². The summed E-state index contributed by atoms with van der Waals surface area (Å²) in [4.78, 5) is 12.6. The van der Waals surface area contributed by atoms with Crippen molar-refractivity contribution in [3.05, 3.63) is 28.7 Å². The fourth-order valence-corrected chi connectivity index (χ4v) is 4.24. The van der Waals surface area contributed by atoms with Gasteiger partial charge in [0, 0.05) is 9.37 Å². The lowest BCUT2D eigenvalue weighted by Crippen LogP contribution is -2.49. The van der Waals surface area contributed by atoms with Gasteiger partial charge in [-0.3, -0.25) is 4.79 Å². The van der Waals surface area contributed by atoms with Crippen LogP contribution in [-0.4, -0.2) is 15.8 Å².